The molecular weight excluding hydrogens is 402 g/mol. The van der Waals surface area contributed by atoms with Crippen LogP contribution in [0.25, 0.3) is 6.08 Å². The lowest BCUT2D eigenvalue weighted by Crippen LogP contribution is -2.30. The van der Waals surface area contributed by atoms with E-state index >= 15 is 0 Å². The molecule has 0 aromatic heterocycles. The van der Waals surface area contributed by atoms with Crippen LogP contribution in [0.1, 0.15) is 11.1 Å². The Bertz CT molecular complexity index is 922. The molecule has 8 nitrogen and oxygen atoms in total. The molecule has 0 saturated heterocycles. The van der Waals surface area contributed by atoms with Crippen molar-refractivity contribution in [3.8, 4) is 23.0 Å². The second kappa shape index (κ2) is 11.5. The van der Waals surface area contributed by atoms with Crippen LogP contribution in [-0.2, 0) is 20.9 Å². The molecule has 0 fully saturated rings. The maximum atomic E-state index is 12.3. The lowest BCUT2D eigenvalue weighted by atomic mass is 10.1. The number of benzene rings is 2. The van der Waals surface area contributed by atoms with Gasteiger partial charge in [-0.3, -0.25) is 4.79 Å². The number of methoxy groups -OCH3 is 4. The van der Waals surface area contributed by atoms with Crippen molar-refractivity contribution in [3.05, 3.63) is 53.6 Å². The van der Waals surface area contributed by atoms with Gasteiger partial charge in [0.2, 0.25) is 0 Å². The van der Waals surface area contributed by atoms with Gasteiger partial charge in [0.05, 0.1) is 28.4 Å². The molecule has 0 aliphatic heterocycles. The number of ether oxygens (including phenoxy) is 5. The quantitative estimate of drug-likeness (QED) is 0.424. The highest BCUT2D eigenvalue weighted by atomic mass is 16.5. The molecule has 166 valence electrons. The number of amides is 1. The van der Waals surface area contributed by atoms with Crippen molar-refractivity contribution in [2.45, 2.75) is 6.54 Å². The summed E-state index contributed by atoms with van der Waals surface area (Å²) in [6.07, 6.45) is 2.75. The van der Waals surface area contributed by atoms with E-state index in [0.29, 0.717) is 29.4 Å². The summed E-state index contributed by atoms with van der Waals surface area (Å²) >= 11 is 0. The molecule has 8 heteroatoms. The predicted octanol–water partition coefficient (Wildman–Crippen LogP) is 2.94. The van der Waals surface area contributed by atoms with E-state index in [9.17, 15) is 9.59 Å². The number of esters is 1. The van der Waals surface area contributed by atoms with Gasteiger partial charge in [-0.05, 0) is 29.8 Å². The first-order valence-electron chi connectivity index (χ1n) is 9.43. The summed E-state index contributed by atoms with van der Waals surface area (Å²) < 4.78 is 26.0. The maximum Gasteiger partial charge on any atom is 0.331 e. The van der Waals surface area contributed by atoms with Gasteiger partial charge in [0, 0.05) is 31.3 Å². The van der Waals surface area contributed by atoms with Gasteiger partial charge in [-0.1, -0.05) is 12.1 Å². The minimum absolute atomic E-state index is 0.318. The van der Waals surface area contributed by atoms with Gasteiger partial charge in [0.15, 0.2) is 18.1 Å². The lowest BCUT2D eigenvalue weighted by molar-refractivity contribution is -0.147. The smallest absolute Gasteiger partial charge is 0.331 e. The van der Waals surface area contributed by atoms with E-state index in [-0.39, 0.29) is 12.5 Å². The van der Waals surface area contributed by atoms with Crippen molar-refractivity contribution in [2.24, 2.45) is 0 Å². The van der Waals surface area contributed by atoms with Crippen LogP contribution < -0.4 is 18.9 Å². The van der Waals surface area contributed by atoms with E-state index < -0.39 is 5.97 Å². The average molecular weight is 429 g/mol. The fourth-order valence-corrected chi connectivity index (χ4v) is 2.73. The molecule has 2 rings (SSSR count). The molecule has 0 heterocycles. The van der Waals surface area contributed by atoms with Gasteiger partial charge in [-0.2, -0.15) is 0 Å². The molecule has 0 saturated carbocycles. The molecule has 2 aromatic rings. The molecule has 31 heavy (non-hydrogen) atoms. The van der Waals surface area contributed by atoms with E-state index in [1.165, 1.54) is 38.4 Å². The van der Waals surface area contributed by atoms with Crippen molar-refractivity contribution >= 4 is 18.0 Å². The third kappa shape index (κ3) is 6.67. The number of hydrogen-bond acceptors (Lipinski definition) is 7. The van der Waals surface area contributed by atoms with Gasteiger partial charge in [0.1, 0.15) is 11.5 Å². The van der Waals surface area contributed by atoms with Gasteiger partial charge < -0.3 is 28.6 Å². The number of hydrogen-bond donors (Lipinski definition) is 0. The summed E-state index contributed by atoms with van der Waals surface area (Å²) in [5, 5.41) is 0. The summed E-state index contributed by atoms with van der Waals surface area (Å²) in [4.78, 5) is 25.8. The summed E-state index contributed by atoms with van der Waals surface area (Å²) in [5.41, 5.74) is 1.53. The number of carbonyl (C=O) groups is 2. The average Bonchev–Trinajstić information content (AvgIpc) is 2.80. The SMILES string of the molecule is COc1ccc(CN(C)C(=O)COC(=O)/C=C/c2cc(OC)c(OC)cc2OC)cc1. The fraction of sp³-hybridized carbons (Fsp3) is 0.304. The van der Waals surface area contributed by atoms with Crippen molar-refractivity contribution in [2.75, 3.05) is 42.1 Å². The van der Waals surface area contributed by atoms with Gasteiger partial charge in [-0.15, -0.1) is 0 Å². The first-order valence-corrected chi connectivity index (χ1v) is 9.43. The van der Waals surface area contributed by atoms with Crippen molar-refractivity contribution < 1.29 is 33.3 Å². The predicted molar refractivity (Wildman–Crippen MR) is 116 cm³/mol. The van der Waals surface area contributed by atoms with Crippen LogP contribution in [0.2, 0.25) is 0 Å². The van der Waals surface area contributed by atoms with Crippen LogP contribution in [0, 0.1) is 0 Å². The standard InChI is InChI=1S/C23H27NO7/c1-24(14-16-6-9-18(27-2)10-7-16)22(25)15-31-23(26)11-8-17-12-20(29-4)21(30-5)13-19(17)28-3/h6-13H,14-15H2,1-5H3/b11-8+. The van der Waals surface area contributed by atoms with E-state index in [2.05, 4.69) is 0 Å². The lowest BCUT2D eigenvalue weighted by Gasteiger charge is -2.17. The van der Waals surface area contributed by atoms with Gasteiger partial charge in [-0.25, -0.2) is 4.79 Å². The summed E-state index contributed by atoms with van der Waals surface area (Å²) in [6, 6.07) is 10.7. The number of rotatable bonds is 10. The third-order valence-corrected chi connectivity index (χ3v) is 4.48. The molecule has 0 aliphatic rings. The minimum atomic E-state index is -0.650. The highest BCUT2D eigenvalue weighted by Gasteiger charge is 2.13. The molecule has 0 bridgehead atoms. The number of nitrogens with zero attached hydrogens (tertiary/aromatic N) is 1. The van der Waals surface area contributed by atoms with Crippen molar-refractivity contribution in [1.29, 1.82) is 0 Å². The summed E-state index contributed by atoms with van der Waals surface area (Å²) in [5.74, 6) is 1.27. The molecule has 0 spiro atoms. The Balaban J connectivity index is 1.93. The van der Waals surface area contributed by atoms with Crippen LogP contribution in [-0.4, -0.2) is 58.9 Å². The highest BCUT2D eigenvalue weighted by molar-refractivity contribution is 5.89. The van der Waals surface area contributed by atoms with Crippen molar-refractivity contribution in [3.63, 3.8) is 0 Å². The molecule has 2 aromatic carbocycles. The zero-order chi connectivity index (χ0) is 22.8. The maximum absolute atomic E-state index is 12.3. The van der Waals surface area contributed by atoms with E-state index in [1.54, 1.807) is 26.3 Å². The first-order chi connectivity index (χ1) is 14.9. The van der Waals surface area contributed by atoms with Crippen LogP contribution in [0.15, 0.2) is 42.5 Å². The normalized spacial score (nSPS) is 10.5. The summed E-state index contributed by atoms with van der Waals surface area (Å²) in [6.45, 7) is 0.0257. The Morgan fingerprint density at radius 1 is 0.871 bits per heavy atom. The highest BCUT2D eigenvalue weighted by Crippen LogP contribution is 2.35. The summed E-state index contributed by atoms with van der Waals surface area (Å²) in [7, 11) is 7.78. The molecular formula is C23H27NO7. The number of carbonyl (C=O) groups excluding carboxylic acids is 2. The van der Waals surface area contributed by atoms with Gasteiger partial charge >= 0.3 is 5.97 Å². The Hall–Kier alpha value is -3.68. The van der Waals surface area contributed by atoms with E-state index in [1.807, 2.05) is 24.3 Å². The minimum Gasteiger partial charge on any atom is -0.497 e. The zero-order valence-electron chi connectivity index (χ0n) is 18.3. The molecule has 0 atom stereocenters. The molecule has 0 radical (unpaired) electrons. The van der Waals surface area contributed by atoms with Crippen molar-refractivity contribution in [1.82, 2.24) is 4.90 Å². The third-order valence-electron chi connectivity index (χ3n) is 4.48. The van der Waals surface area contributed by atoms with E-state index in [4.69, 9.17) is 23.7 Å². The molecule has 0 N–H and O–H groups in total. The topological polar surface area (TPSA) is 83.5 Å². The Morgan fingerprint density at radius 2 is 1.48 bits per heavy atom. The van der Waals surface area contributed by atoms with E-state index in [0.717, 1.165) is 11.3 Å². The van der Waals surface area contributed by atoms with Crippen LogP contribution in [0.3, 0.4) is 0 Å². The largest absolute Gasteiger partial charge is 0.497 e. The number of likely N-dealkylation sites (N-methyl/N-ethyl adjacent to an activating group) is 1. The van der Waals surface area contributed by atoms with Crippen LogP contribution in [0.4, 0.5) is 0 Å². The molecule has 0 aliphatic carbocycles. The Kier molecular flexibility index (Phi) is 8.75. The van der Waals surface area contributed by atoms with Crippen LogP contribution >= 0.6 is 0 Å². The Labute approximate surface area is 181 Å². The van der Waals surface area contributed by atoms with Crippen LogP contribution in [0.5, 0.6) is 23.0 Å². The Morgan fingerprint density at radius 3 is 2.06 bits per heavy atom. The second-order valence-electron chi connectivity index (χ2n) is 6.49. The van der Waals surface area contributed by atoms with Gasteiger partial charge in [0.25, 0.3) is 5.91 Å². The molecule has 1 amide bonds. The zero-order valence-corrected chi connectivity index (χ0v) is 18.3. The molecule has 0 unspecified atom stereocenters. The second-order valence-corrected chi connectivity index (χ2v) is 6.49. The fourth-order valence-electron chi connectivity index (χ4n) is 2.73. The monoisotopic (exact) mass is 429 g/mol. The first kappa shape index (κ1) is 23.6.